The molecule has 0 aliphatic heterocycles. The number of rotatable bonds is 5. The van der Waals surface area contributed by atoms with Crippen molar-refractivity contribution in [2.24, 2.45) is 5.41 Å². The standard InChI is InChI=1S/C15H20N2O/c1-15(8-5-9-15)14(10-16)17-13(11-18)12-6-3-2-4-7-12/h2-4,6-7,13-14,17-18H,5,8-9,11H2,1H3/t13-,14?/m0/s1. The number of nitriles is 1. The third kappa shape index (κ3) is 2.55. The minimum Gasteiger partial charge on any atom is -0.394 e. The highest BCUT2D eigenvalue weighted by Crippen LogP contribution is 2.43. The number of benzene rings is 1. The maximum absolute atomic E-state index is 9.51. The first-order valence-corrected chi connectivity index (χ1v) is 6.51. The van der Waals surface area contributed by atoms with E-state index in [4.69, 9.17) is 0 Å². The maximum atomic E-state index is 9.51. The van der Waals surface area contributed by atoms with Crippen LogP contribution in [0.15, 0.2) is 30.3 Å². The Morgan fingerprint density at radius 3 is 2.50 bits per heavy atom. The van der Waals surface area contributed by atoms with E-state index in [0.717, 1.165) is 18.4 Å². The summed E-state index contributed by atoms with van der Waals surface area (Å²) in [6, 6.07) is 11.8. The smallest absolute Gasteiger partial charge is 0.101 e. The Bertz CT molecular complexity index is 420. The monoisotopic (exact) mass is 244 g/mol. The van der Waals surface area contributed by atoms with Gasteiger partial charge in [0.2, 0.25) is 0 Å². The molecule has 3 nitrogen and oxygen atoms in total. The van der Waals surface area contributed by atoms with Gasteiger partial charge in [-0.1, -0.05) is 43.7 Å². The van der Waals surface area contributed by atoms with E-state index in [0.29, 0.717) is 0 Å². The predicted molar refractivity (Wildman–Crippen MR) is 70.8 cm³/mol. The highest BCUT2D eigenvalue weighted by atomic mass is 16.3. The zero-order chi connectivity index (χ0) is 13.0. The summed E-state index contributed by atoms with van der Waals surface area (Å²) in [4.78, 5) is 0. The summed E-state index contributed by atoms with van der Waals surface area (Å²) in [5, 5.41) is 22.1. The Labute approximate surface area is 108 Å². The van der Waals surface area contributed by atoms with Gasteiger partial charge in [-0.2, -0.15) is 5.26 Å². The Morgan fingerprint density at radius 1 is 1.39 bits per heavy atom. The molecule has 2 atom stereocenters. The summed E-state index contributed by atoms with van der Waals surface area (Å²) in [5.41, 5.74) is 1.10. The summed E-state index contributed by atoms with van der Waals surface area (Å²) in [6.45, 7) is 2.16. The highest BCUT2D eigenvalue weighted by Gasteiger charge is 2.40. The molecule has 1 unspecified atom stereocenters. The van der Waals surface area contributed by atoms with Crippen molar-refractivity contribution < 1.29 is 5.11 Å². The molecule has 0 radical (unpaired) electrons. The van der Waals surface area contributed by atoms with Crippen LogP contribution in [0.5, 0.6) is 0 Å². The number of nitrogens with one attached hydrogen (secondary N) is 1. The molecule has 1 aromatic rings. The normalized spacial score (nSPS) is 20.5. The molecule has 2 rings (SSSR count). The van der Waals surface area contributed by atoms with Gasteiger partial charge >= 0.3 is 0 Å². The van der Waals surface area contributed by atoms with Crippen LogP contribution in [0.3, 0.4) is 0 Å². The van der Waals surface area contributed by atoms with E-state index in [2.05, 4.69) is 18.3 Å². The van der Waals surface area contributed by atoms with E-state index in [-0.39, 0.29) is 24.1 Å². The van der Waals surface area contributed by atoms with Gasteiger partial charge in [-0.15, -0.1) is 0 Å². The number of aliphatic hydroxyl groups is 1. The Kier molecular flexibility index (Phi) is 4.00. The van der Waals surface area contributed by atoms with Crippen LogP contribution >= 0.6 is 0 Å². The molecule has 0 amide bonds. The Hall–Kier alpha value is -1.37. The zero-order valence-corrected chi connectivity index (χ0v) is 10.8. The molecule has 1 aromatic carbocycles. The Morgan fingerprint density at radius 2 is 2.06 bits per heavy atom. The highest BCUT2D eigenvalue weighted by molar-refractivity contribution is 5.20. The van der Waals surface area contributed by atoms with Crippen LogP contribution in [0.4, 0.5) is 0 Å². The summed E-state index contributed by atoms with van der Waals surface area (Å²) >= 11 is 0. The van der Waals surface area contributed by atoms with Gasteiger partial charge in [0.05, 0.1) is 18.7 Å². The molecule has 0 aromatic heterocycles. The topological polar surface area (TPSA) is 56.0 Å². The average molecular weight is 244 g/mol. The predicted octanol–water partition coefficient (Wildman–Crippen LogP) is 2.39. The molecule has 0 spiro atoms. The van der Waals surface area contributed by atoms with Gasteiger partial charge in [0, 0.05) is 0 Å². The van der Waals surface area contributed by atoms with Crippen molar-refractivity contribution in [2.75, 3.05) is 6.61 Å². The van der Waals surface area contributed by atoms with Crippen molar-refractivity contribution in [3.05, 3.63) is 35.9 Å². The van der Waals surface area contributed by atoms with Crippen molar-refractivity contribution in [1.29, 1.82) is 5.26 Å². The van der Waals surface area contributed by atoms with Gasteiger partial charge in [0.1, 0.15) is 6.04 Å². The second-order valence-electron chi connectivity index (χ2n) is 5.38. The van der Waals surface area contributed by atoms with Gasteiger partial charge in [-0.05, 0) is 23.8 Å². The molecule has 1 aliphatic carbocycles. The minimum atomic E-state index is -0.191. The van der Waals surface area contributed by atoms with Crippen LogP contribution in [0, 0.1) is 16.7 Å². The van der Waals surface area contributed by atoms with E-state index < -0.39 is 0 Å². The van der Waals surface area contributed by atoms with E-state index in [9.17, 15) is 10.4 Å². The lowest BCUT2D eigenvalue weighted by molar-refractivity contribution is 0.108. The lowest BCUT2D eigenvalue weighted by atomic mass is 9.65. The second-order valence-corrected chi connectivity index (χ2v) is 5.38. The van der Waals surface area contributed by atoms with Crippen LogP contribution in [0.1, 0.15) is 37.8 Å². The first kappa shape index (κ1) is 13.1. The molecule has 0 bridgehead atoms. The van der Waals surface area contributed by atoms with Crippen molar-refractivity contribution in [2.45, 2.75) is 38.3 Å². The van der Waals surface area contributed by atoms with Crippen molar-refractivity contribution in [3.63, 3.8) is 0 Å². The van der Waals surface area contributed by atoms with Crippen LogP contribution in [0.2, 0.25) is 0 Å². The molecule has 1 fully saturated rings. The molecule has 0 saturated heterocycles. The van der Waals surface area contributed by atoms with E-state index >= 15 is 0 Å². The fourth-order valence-corrected chi connectivity index (χ4v) is 2.56. The average Bonchev–Trinajstić information content (AvgIpc) is 2.38. The van der Waals surface area contributed by atoms with Crippen molar-refractivity contribution in [1.82, 2.24) is 5.32 Å². The molecule has 2 N–H and O–H groups in total. The molecule has 96 valence electrons. The van der Waals surface area contributed by atoms with Gasteiger partial charge in [-0.25, -0.2) is 0 Å². The van der Waals surface area contributed by atoms with Crippen molar-refractivity contribution >= 4 is 0 Å². The molecule has 18 heavy (non-hydrogen) atoms. The lowest BCUT2D eigenvalue weighted by Crippen LogP contribution is -2.48. The number of hydrogen-bond donors (Lipinski definition) is 2. The SMILES string of the molecule is CC1(C(C#N)N[C@@H](CO)c2ccccc2)CCC1. The minimum absolute atomic E-state index is 0.0122. The van der Waals surface area contributed by atoms with Crippen molar-refractivity contribution in [3.8, 4) is 6.07 Å². The third-order valence-corrected chi connectivity index (χ3v) is 4.07. The fraction of sp³-hybridized carbons (Fsp3) is 0.533. The van der Waals surface area contributed by atoms with Crippen LogP contribution < -0.4 is 5.32 Å². The van der Waals surface area contributed by atoms with Gasteiger partial charge in [-0.3, -0.25) is 5.32 Å². The van der Waals surface area contributed by atoms with Crippen LogP contribution in [0.25, 0.3) is 0 Å². The fourth-order valence-electron chi connectivity index (χ4n) is 2.56. The summed E-state index contributed by atoms with van der Waals surface area (Å²) in [5.74, 6) is 0. The molecule has 0 heterocycles. The Balaban J connectivity index is 2.08. The van der Waals surface area contributed by atoms with E-state index in [1.165, 1.54) is 6.42 Å². The maximum Gasteiger partial charge on any atom is 0.101 e. The molecular formula is C15H20N2O. The zero-order valence-electron chi connectivity index (χ0n) is 10.8. The second kappa shape index (κ2) is 5.51. The van der Waals surface area contributed by atoms with Crippen LogP contribution in [-0.4, -0.2) is 17.8 Å². The lowest BCUT2D eigenvalue weighted by Gasteiger charge is -2.43. The largest absolute Gasteiger partial charge is 0.394 e. The molecular weight excluding hydrogens is 224 g/mol. The summed E-state index contributed by atoms with van der Waals surface area (Å²) in [6.07, 6.45) is 3.38. The van der Waals surface area contributed by atoms with Crippen LogP contribution in [-0.2, 0) is 0 Å². The first-order valence-electron chi connectivity index (χ1n) is 6.51. The van der Waals surface area contributed by atoms with Gasteiger partial charge in [0.15, 0.2) is 0 Å². The van der Waals surface area contributed by atoms with Gasteiger partial charge in [0.25, 0.3) is 0 Å². The number of aliphatic hydroxyl groups excluding tert-OH is 1. The summed E-state index contributed by atoms with van der Waals surface area (Å²) in [7, 11) is 0. The van der Waals surface area contributed by atoms with Gasteiger partial charge < -0.3 is 5.11 Å². The molecule has 1 aliphatic rings. The number of hydrogen-bond acceptors (Lipinski definition) is 3. The molecule has 3 heteroatoms. The first-order chi connectivity index (χ1) is 8.69. The quantitative estimate of drug-likeness (QED) is 0.836. The summed E-state index contributed by atoms with van der Waals surface area (Å²) < 4.78 is 0. The molecule has 1 saturated carbocycles. The number of nitrogens with zero attached hydrogens (tertiary/aromatic N) is 1. The third-order valence-electron chi connectivity index (χ3n) is 4.07. The van der Waals surface area contributed by atoms with E-state index in [1.807, 2.05) is 30.3 Å². The van der Waals surface area contributed by atoms with E-state index in [1.54, 1.807) is 0 Å².